The Labute approximate surface area is 294 Å². The van der Waals surface area contributed by atoms with Crippen LogP contribution in [0.25, 0.3) is 0 Å². The average molecular weight is 730 g/mol. The third kappa shape index (κ3) is 11.0. The fraction of sp³-hybridized carbons (Fsp3) is 0.556. The molecule has 2 aromatic rings. The van der Waals surface area contributed by atoms with Gasteiger partial charge in [-0.15, -0.1) is 0 Å². The summed E-state index contributed by atoms with van der Waals surface area (Å²) in [6, 6.07) is 8.49. The van der Waals surface area contributed by atoms with E-state index in [1.54, 1.807) is 6.20 Å². The van der Waals surface area contributed by atoms with Gasteiger partial charge in [0.2, 0.25) is 6.41 Å². The van der Waals surface area contributed by atoms with Crippen molar-refractivity contribution < 1.29 is 14.3 Å². The largest absolute Gasteiger partial charge is 0.444 e. The summed E-state index contributed by atoms with van der Waals surface area (Å²) >= 11 is 9.93. The highest BCUT2D eigenvalue weighted by Gasteiger charge is 2.34. The molecule has 1 aromatic carbocycles. The molecule has 1 saturated heterocycles. The van der Waals surface area contributed by atoms with Crippen LogP contribution in [0.4, 0.5) is 4.79 Å². The summed E-state index contributed by atoms with van der Waals surface area (Å²) < 4.78 is 6.58. The lowest BCUT2D eigenvalue weighted by atomic mass is 9.87. The molecule has 2 aliphatic carbocycles. The molecule has 11 heteroatoms. The van der Waals surface area contributed by atoms with Crippen LogP contribution in [0.3, 0.4) is 0 Å². The Morgan fingerprint density at radius 3 is 2.47 bits per heavy atom. The monoisotopic (exact) mass is 728 g/mol. The first-order valence-corrected chi connectivity index (χ1v) is 17.7. The Bertz CT molecular complexity index is 1360. The van der Waals surface area contributed by atoms with Crippen LogP contribution < -0.4 is 0 Å². The number of fused-ring (bicyclic) bond motifs is 2. The highest BCUT2D eigenvalue weighted by atomic mass is 79.9. The Hall–Kier alpha value is -2.95. The maximum absolute atomic E-state index is 12.5. The second-order valence-corrected chi connectivity index (χ2v) is 15.1. The topological polar surface area (TPSA) is 81.6 Å². The summed E-state index contributed by atoms with van der Waals surface area (Å²) in [6.45, 7) is 13.6. The normalized spacial score (nSPS) is 18.4. The predicted molar refractivity (Wildman–Crippen MR) is 193 cm³/mol. The molecule has 1 aliphatic heterocycles. The van der Waals surface area contributed by atoms with Gasteiger partial charge in [-0.1, -0.05) is 17.7 Å². The lowest BCUT2D eigenvalue weighted by Crippen LogP contribution is -2.51. The Balaban J connectivity index is 0.000000264. The third-order valence-corrected chi connectivity index (χ3v) is 9.33. The minimum atomic E-state index is -0.484. The van der Waals surface area contributed by atoms with E-state index in [0.717, 1.165) is 85.1 Å². The lowest BCUT2D eigenvalue weighted by Gasteiger charge is -2.41. The van der Waals surface area contributed by atoms with Gasteiger partial charge in [0, 0.05) is 87.4 Å². The molecule has 256 valence electrons. The lowest BCUT2D eigenvalue weighted by molar-refractivity contribution is -0.118. The van der Waals surface area contributed by atoms with Crippen LogP contribution >= 0.6 is 27.5 Å². The van der Waals surface area contributed by atoms with E-state index < -0.39 is 5.60 Å². The van der Waals surface area contributed by atoms with Crippen LogP contribution in [-0.4, -0.2) is 103 Å². The number of nitrogens with zero attached hydrogens (tertiary/aromatic N) is 6. The first-order valence-electron chi connectivity index (χ1n) is 16.5. The van der Waals surface area contributed by atoms with E-state index in [9.17, 15) is 9.59 Å². The number of rotatable bonds is 9. The molecule has 5 rings (SSSR count). The number of ether oxygens (including phenoxy) is 1. The van der Waals surface area contributed by atoms with E-state index in [-0.39, 0.29) is 12.1 Å². The van der Waals surface area contributed by atoms with Crippen molar-refractivity contribution in [3.63, 3.8) is 0 Å². The maximum Gasteiger partial charge on any atom is 0.410 e. The van der Waals surface area contributed by atoms with Crippen LogP contribution in [0, 0.1) is 5.92 Å². The number of carbonyl (C=O) groups is 2. The number of hydrogen-bond donors (Lipinski definition) is 0. The zero-order valence-corrected chi connectivity index (χ0v) is 30.9. The molecule has 0 bridgehead atoms. The van der Waals surface area contributed by atoms with Crippen molar-refractivity contribution in [1.29, 1.82) is 0 Å². The van der Waals surface area contributed by atoms with E-state index in [4.69, 9.17) is 21.3 Å². The number of hydrogen-bond acceptors (Lipinski definition) is 7. The first-order chi connectivity index (χ1) is 22.4. The number of carbonyl (C=O) groups excluding carboxylic acids is 2. The number of benzene rings is 1. The molecule has 0 N–H and O–H groups in total. The van der Waals surface area contributed by atoms with E-state index >= 15 is 0 Å². The molecule has 0 spiro atoms. The zero-order valence-electron chi connectivity index (χ0n) is 28.6. The second-order valence-electron chi connectivity index (χ2n) is 13.8. The minimum absolute atomic E-state index is 0.0523. The van der Waals surface area contributed by atoms with Crippen LogP contribution in [-0.2, 0) is 22.4 Å². The smallest absolute Gasteiger partial charge is 0.410 e. The number of amides is 2. The van der Waals surface area contributed by atoms with E-state index in [1.807, 2.05) is 61.8 Å². The van der Waals surface area contributed by atoms with Crippen LogP contribution in [0.15, 0.2) is 51.8 Å². The van der Waals surface area contributed by atoms with Crippen molar-refractivity contribution in [1.82, 2.24) is 24.6 Å². The number of piperazine rings is 1. The van der Waals surface area contributed by atoms with Gasteiger partial charge in [0.25, 0.3) is 0 Å². The molecular formula is C36H50BrClN6O3. The summed E-state index contributed by atoms with van der Waals surface area (Å²) in [5, 5.41) is 0.775. The van der Waals surface area contributed by atoms with E-state index in [1.165, 1.54) is 29.5 Å². The molecule has 2 amide bonds. The summed E-state index contributed by atoms with van der Waals surface area (Å²) in [4.78, 5) is 40.2. The van der Waals surface area contributed by atoms with Gasteiger partial charge in [0.05, 0.1) is 11.7 Å². The highest BCUT2D eigenvalue weighted by molar-refractivity contribution is 9.10. The summed E-state index contributed by atoms with van der Waals surface area (Å²) in [7, 11) is 3.95. The fourth-order valence-electron chi connectivity index (χ4n) is 6.06. The molecule has 2 heterocycles. The fourth-order valence-corrected chi connectivity index (χ4v) is 6.63. The zero-order chi connectivity index (χ0) is 34.1. The number of aromatic nitrogens is 1. The highest BCUT2D eigenvalue weighted by Crippen LogP contribution is 2.37. The van der Waals surface area contributed by atoms with Crippen molar-refractivity contribution in [2.75, 3.05) is 53.4 Å². The van der Waals surface area contributed by atoms with Gasteiger partial charge in [-0.25, -0.2) is 4.79 Å². The van der Waals surface area contributed by atoms with Crippen molar-refractivity contribution >= 4 is 46.8 Å². The molecule has 2 fully saturated rings. The SMILES string of the molecule is C=N/C=C(/CCN(C=O)CC1CC1)N(C)C.CC(C)(C)OC(=O)N1CCN(C2c3ccc(Cl)cc3CCCc3cc(Br)cnc32)CC1. The van der Waals surface area contributed by atoms with Gasteiger partial charge < -0.3 is 19.4 Å². The van der Waals surface area contributed by atoms with Crippen LogP contribution in [0.1, 0.15) is 74.9 Å². The van der Waals surface area contributed by atoms with Crippen molar-refractivity contribution in [2.24, 2.45) is 10.9 Å². The van der Waals surface area contributed by atoms with Crippen molar-refractivity contribution in [3.8, 4) is 0 Å². The van der Waals surface area contributed by atoms with Gasteiger partial charge in [-0.3, -0.25) is 19.7 Å². The summed E-state index contributed by atoms with van der Waals surface area (Å²) in [6.07, 6.45) is 10.8. The quantitative estimate of drug-likeness (QED) is 0.205. The van der Waals surface area contributed by atoms with Gasteiger partial charge >= 0.3 is 6.09 Å². The molecule has 1 atom stereocenters. The van der Waals surface area contributed by atoms with Gasteiger partial charge in [-0.2, -0.15) is 0 Å². The summed E-state index contributed by atoms with van der Waals surface area (Å²) in [5.41, 5.74) is 5.57. The molecule has 1 saturated carbocycles. The van der Waals surface area contributed by atoms with E-state index in [2.05, 4.69) is 50.7 Å². The molecule has 3 aliphatic rings. The van der Waals surface area contributed by atoms with Crippen LogP contribution in [0.2, 0.25) is 5.02 Å². The third-order valence-electron chi connectivity index (χ3n) is 8.66. The van der Waals surface area contributed by atoms with Gasteiger partial charge in [0.15, 0.2) is 0 Å². The maximum atomic E-state index is 12.5. The average Bonchev–Trinajstić information content (AvgIpc) is 3.83. The summed E-state index contributed by atoms with van der Waals surface area (Å²) in [5.74, 6) is 0.745. The molecular weight excluding hydrogens is 680 g/mol. The molecule has 9 nitrogen and oxygen atoms in total. The molecule has 1 unspecified atom stereocenters. The second kappa shape index (κ2) is 16.9. The Morgan fingerprint density at radius 2 is 1.85 bits per heavy atom. The first kappa shape index (κ1) is 36.9. The van der Waals surface area contributed by atoms with Gasteiger partial charge in [-0.05, 0) is 116 Å². The molecule has 1 aromatic heterocycles. The number of aliphatic imine (C=N–C) groups is 1. The predicted octanol–water partition coefficient (Wildman–Crippen LogP) is 6.98. The number of halogens is 2. The van der Waals surface area contributed by atoms with Crippen molar-refractivity contribution in [2.45, 2.75) is 70.9 Å². The van der Waals surface area contributed by atoms with E-state index in [0.29, 0.717) is 13.1 Å². The standard InChI is InChI=1S/C24H29BrClN3O2.C12H21N3O/c1-24(2,3)31-23(30)29-11-9-28(10-12-29)22-20-8-7-19(26)14-16(20)5-4-6-17-13-18(25)15-27-21(17)22;1-13-8-12(14(2)3)6-7-15(10-16)9-11-4-5-11/h7-8,13-15,22H,4-6,9-12H2,1-3H3;8,10-11H,1,4-7,9H2,2-3H3/b;12-8-. The Morgan fingerprint density at radius 1 is 1.15 bits per heavy atom. The number of pyridine rings is 1. The Kier molecular flexibility index (Phi) is 13.3. The van der Waals surface area contributed by atoms with Crippen molar-refractivity contribution in [3.05, 3.63) is 74.2 Å². The number of aryl methyl sites for hydroxylation is 2. The minimum Gasteiger partial charge on any atom is -0.444 e. The van der Waals surface area contributed by atoms with Crippen LogP contribution in [0.5, 0.6) is 0 Å². The van der Waals surface area contributed by atoms with Gasteiger partial charge in [0.1, 0.15) is 5.60 Å². The molecule has 0 radical (unpaired) electrons. The molecule has 47 heavy (non-hydrogen) atoms.